The monoisotopic (exact) mass is 341 g/mol. The minimum absolute atomic E-state index is 0.103. The largest absolute Gasteiger partial charge is 0.494 e. The highest BCUT2D eigenvalue weighted by atomic mass is 16.5. The van der Waals surface area contributed by atoms with Crippen LogP contribution in [0.15, 0.2) is 30.6 Å². The second-order valence-electron chi connectivity index (χ2n) is 5.75. The van der Waals surface area contributed by atoms with Gasteiger partial charge in [-0.15, -0.1) is 0 Å². The number of imidazole rings is 1. The number of hydrogen-bond donors (Lipinski definition) is 2. The maximum Gasteiger partial charge on any atom is 0.318 e. The third kappa shape index (κ3) is 3.08. The molecule has 3 heterocycles. The van der Waals surface area contributed by atoms with E-state index in [1.807, 2.05) is 35.8 Å². The Bertz CT molecular complexity index is 889. The number of benzene rings is 1. The normalized spacial score (nSPS) is 17.1. The minimum Gasteiger partial charge on any atom is -0.494 e. The van der Waals surface area contributed by atoms with E-state index in [0.29, 0.717) is 23.6 Å². The fourth-order valence-corrected chi connectivity index (χ4v) is 2.95. The molecule has 4 rings (SSSR count). The van der Waals surface area contributed by atoms with Crippen molar-refractivity contribution in [1.29, 1.82) is 0 Å². The lowest BCUT2D eigenvalue weighted by Gasteiger charge is -2.12. The Morgan fingerprint density at radius 1 is 1.40 bits per heavy atom. The molecule has 0 amide bonds. The summed E-state index contributed by atoms with van der Waals surface area (Å²) in [5, 5.41) is 13.1. The van der Waals surface area contributed by atoms with Crippen LogP contribution in [-0.2, 0) is 4.74 Å². The fourth-order valence-electron chi connectivity index (χ4n) is 2.95. The third-order valence-electron chi connectivity index (χ3n) is 4.03. The molecule has 1 unspecified atom stereocenters. The van der Waals surface area contributed by atoms with E-state index in [1.165, 1.54) is 0 Å². The van der Waals surface area contributed by atoms with Gasteiger partial charge < -0.3 is 19.9 Å². The van der Waals surface area contributed by atoms with E-state index in [0.717, 1.165) is 30.9 Å². The van der Waals surface area contributed by atoms with Gasteiger partial charge >= 0.3 is 6.01 Å². The summed E-state index contributed by atoms with van der Waals surface area (Å²) in [6.07, 6.45) is 3.47. The van der Waals surface area contributed by atoms with Crippen LogP contribution in [0.4, 0.5) is 11.5 Å². The minimum atomic E-state index is -0.310. The van der Waals surface area contributed by atoms with Gasteiger partial charge in [0.15, 0.2) is 17.0 Å². The molecule has 0 aliphatic carbocycles. The van der Waals surface area contributed by atoms with Crippen molar-refractivity contribution in [1.82, 2.24) is 19.5 Å². The lowest BCUT2D eigenvalue weighted by Crippen LogP contribution is -2.07. The van der Waals surface area contributed by atoms with Crippen molar-refractivity contribution >= 4 is 22.7 Å². The number of ether oxygens (including phenoxy) is 2. The second-order valence-corrected chi connectivity index (χ2v) is 5.75. The van der Waals surface area contributed by atoms with Gasteiger partial charge in [-0.2, -0.15) is 9.97 Å². The van der Waals surface area contributed by atoms with E-state index in [9.17, 15) is 5.11 Å². The first kappa shape index (κ1) is 15.6. The molecule has 1 atom stereocenters. The molecule has 1 saturated heterocycles. The Morgan fingerprint density at radius 2 is 2.32 bits per heavy atom. The fraction of sp³-hybridized carbons (Fsp3) is 0.353. The molecule has 0 bridgehead atoms. The van der Waals surface area contributed by atoms with Crippen molar-refractivity contribution in [3.8, 4) is 11.8 Å². The van der Waals surface area contributed by atoms with E-state index in [1.54, 1.807) is 6.33 Å². The number of nitrogens with zero attached hydrogens (tertiary/aromatic N) is 4. The quantitative estimate of drug-likeness (QED) is 0.736. The second kappa shape index (κ2) is 6.56. The van der Waals surface area contributed by atoms with Gasteiger partial charge in [-0.1, -0.05) is 6.07 Å². The van der Waals surface area contributed by atoms with Crippen LogP contribution in [0.2, 0.25) is 0 Å². The molecule has 2 N–H and O–H groups in total. The van der Waals surface area contributed by atoms with Gasteiger partial charge in [0, 0.05) is 18.4 Å². The molecule has 130 valence electrons. The van der Waals surface area contributed by atoms with E-state index >= 15 is 0 Å². The number of hydrogen-bond acceptors (Lipinski definition) is 7. The van der Waals surface area contributed by atoms with Crippen molar-refractivity contribution in [3.05, 3.63) is 30.6 Å². The first-order chi connectivity index (χ1) is 12.2. The van der Waals surface area contributed by atoms with Gasteiger partial charge in [-0.3, -0.25) is 4.57 Å². The molecule has 1 aliphatic rings. The van der Waals surface area contributed by atoms with Crippen LogP contribution in [0, 0.1) is 0 Å². The van der Waals surface area contributed by atoms with Crippen LogP contribution in [0.25, 0.3) is 11.2 Å². The van der Waals surface area contributed by atoms with Crippen LogP contribution < -0.4 is 10.1 Å². The zero-order chi connectivity index (χ0) is 17.2. The standard InChI is InChI=1S/C17H19N5O3/c1-2-24-12-6-3-5-11(9-12)19-15-14-16(21-17(23)20-15)22(10-18-14)13-7-4-8-25-13/h3,5-6,9-10,13H,2,4,7-8H2,1H3,(H2,19,20,21,23). The molecular weight excluding hydrogens is 322 g/mol. The van der Waals surface area contributed by atoms with Gasteiger partial charge in [0.25, 0.3) is 0 Å². The number of aromatic hydroxyl groups is 1. The van der Waals surface area contributed by atoms with Gasteiger partial charge in [-0.05, 0) is 31.9 Å². The van der Waals surface area contributed by atoms with Gasteiger partial charge in [0.2, 0.25) is 0 Å². The van der Waals surface area contributed by atoms with E-state index < -0.39 is 0 Å². The molecule has 0 radical (unpaired) electrons. The highest BCUT2D eigenvalue weighted by Gasteiger charge is 2.22. The number of anilines is 2. The molecule has 0 spiro atoms. The van der Waals surface area contributed by atoms with Crippen molar-refractivity contribution in [2.45, 2.75) is 26.0 Å². The Hall–Kier alpha value is -2.87. The number of aromatic nitrogens is 4. The number of fused-ring (bicyclic) bond motifs is 1. The molecule has 1 aliphatic heterocycles. The lowest BCUT2D eigenvalue weighted by atomic mass is 10.3. The third-order valence-corrected chi connectivity index (χ3v) is 4.03. The molecule has 1 fully saturated rings. The summed E-state index contributed by atoms with van der Waals surface area (Å²) in [5.74, 6) is 1.19. The van der Waals surface area contributed by atoms with Crippen molar-refractivity contribution in [2.24, 2.45) is 0 Å². The predicted molar refractivity (Wildman–Crippen MR) is 92.1 cm³/mol. The molecule has 1 aromatic carbocycles. The Balaban J connectivity index is 1.71. The highest BCUT2D eigenvalue weighted by molar-refractivity contribution is 5.85. The summed E-state index contributed by atoms with van der Waals surface area (Å²) < 4.78 is 13.0. The van der Waals surface area contributed by atoms with Crippen molar-refractivity contribution in [2.75, 3.05) is 18.5 Å². The SMILES string of the molecule is CCOc1cccc(Nc2nc(O)nc3c2ncn3C2CCCO2)c1. The molecule has 2 aromatic heterocycles. The van der Waals surface area contributed by atoms with Crippen LogP contribution in [0.3, 0.4) is 0 Å². The Kier molecular flexibility index (Phi) is 4.10. The Morgan fingerprint density at radius 3 is 3.12 bits per heavy atom. The number of rotatable bonds is 5. The van der Waals surface area contributed by atoms with Crippen molar-refractivity contribution < 1.29 is 14.6 Å². The molecular formula is C17H19N5O3. The molecule has 0 saturated carbocycles. The lowest BCUT2D eigenvalue weighted by molar-refractivity contribution is 0.0592. The number of nitrogens with one attached hydrogen (secondary N) is 1. The first-order valence-corrected chi connectivity index (χ1v) is 8.29. The predicted octanol–water partition coefficient (Wildman–Crippen LogP) is 2.98. The molecule has 25 heavy (non-hydrogen) atoms. The summed E-state index contributed by atoms with van der Waals surface area (Å²) in [7, 11) is 0. The summed E-state index contributed by atoms with van der Waals surface area (Å²) in [5.41, 5.74) is 1.91. The van der Waals surface area contributed by atoms with Gasteiger partial charge in [-0.25, -0.2) is 4.98 Å². The van der Waals surface area contributed by atoms with Crippen LogP contribution in [0.5, 0.6) is 11.8 Å². The van der Waals surface area contributed by atoms with E-state index in [2.05, 4.69) is 20.3 Å². The average molecular weight is 341 g/mol. The highest BCUT2D eigenvalue weighted by Crippen LogP contribution is 2.30. The smallest absolute Gasteiger partial charge is 0.318 e. The van der Waals surface area contributed by atoms with E-state index in [-0.39, 0.29) is 12.2 Å². The van der Waals surface area contributed by atoms with E-state index in [4.69, 9.17) is 9.47 Å². The zero-order valence-electron chi connectivity index (χ0n) is 13.8. The zero-order valence-corrected chi connectivity index (χ0v) is 13.8. The summed E-state index contributed by atoms with van der Waals surface area (Å²) >= 11 is 0. The Labute approximate surface area is 144 Å². The van der Waals surface area contributed by atoms with Crippen LogP contribution in [0.1, 0.15) is 26.0 Å². The summed E-state index contributed by atoms with van der Waals surface area (Å²) in [4.78, 5) is 12.6. The van der Waals surface area contributed by atoms with Crippen molar-refractivity contribution in [3.63, 3.8) is 0 Å². The summed E-state index contributed by atoms with van der Waals surface area (Å²) in [6.45, 7) is 3.24. The van der Waals surface area contributed by atoms with Crippen LogP contribution >= 0.6 is 0 Å². The molecule has 3 aromatic rings. The maximum absolute atomic E-state index is 9.94. The topological polar surface area (TPSA) is 94.3 Å². The molecule has 8 nitrogen and oxygen atoms in total. The van der Waals surface area contributed by atoms with Crippen LogP contribution in [-0.4, -0.2) is 37.8 Å². The summed E-state index contributed by atoms with van der Waals surface area (Å²) in [6, 6.07) is 7.22. The van der Waals surface area contributed by atoms with Gasteiger partial charge in [0.1, 0.15) is 12.0 Å². The maximum atomic E-state index is 9.94. The molecule has 8 heteroatoms. The van der Waals surface area contributed by atoms with Gasteiger partial charge in [0.05, 0.1) is 12.9 Å². The average Bonchev–Trinajstić information content (AvgIpc) is 3.24. The first-order valence-electron chi connectivity index (χ1n) is 8.29.